The summed E-state index contributed by atoms with van der Waals surface area (Å²) in [5.41, 5.74) is 2.50. The van der Waals surface area contributed by atoms with Gasteiger partial charge in [-0.2, -0.15) is 0 Å². The van der Waals surface area contributed by atoms with Crippen molar-refractivity contribution in [2.45, 2.75) is 13.0 Å². The molecule has 16 heavy (non-hydrogen) atoms. The predicted molar refractivity (Wildman–Crippen MR) is 67.8 cm³/mol. The third-order valence-corrected chi connectivity index (χ3v) is 3.72. The van der Waals surface area contributed by atoms with E-state index < -0.39 is 0 Å². The van der Waals surface area contributed by atoms with E-state index in [1.807, 2.05) is 18.2 Å². The maximum absolute atomic E-state index is 5.98. The van der Waals surface area contributed by atoms with Crippen LogP contribution in [0.3, 0.4) is 0 Å². The van der Waals surface area contributed by atoms with E-state index in [0.717, 1.165) is 5.75 Å². The van der Waals surface area contributed by atoms with Crippen LogP contribution in [0.2, 0.25) is 0 Å². The summed E-state index contributed by atoms with van der Waals surface area (Å²) < 4.78 is 5.98. The Bertz CT molecular complexity index is 525. The molecule has 0 aliphatic carbocycles. The molecule has 0 radical (unpaired) electrons. The first kappa shape index (κ1) is 9.67. The molecular weight excluding hydrogens is 216 g/mol. The molecule has 0 bridgehead atoms. The van der Waals surface area contributed by atoms with Crippen molar-refractivity contribution >= 4 is 16.9 Å². The standard InChI is InChI=1S/C14H12OS/c1-10-9-13(14-7-4-8-16-14)15-12-6-3-2-5-11(10)12/h2-9,13H,1H3/t13-/m0/s1. The monoisotopic (exact) mass is 228 g/mol. The minimum Gasteiger partial charge on any atom is -0.480 e. The van der Waals surface area contributed by atoms with Gasteiger partial charge in [-0.1, -0.05) is 24.3 Å². The van der Waals surface area contributed by atoms with Gasteiger partial charge < -0.3 is 4.74 Å². The molecule has 1 aromatic carbocycles. The minimum absolute atomic E-state index is 0.0786. The molecule has 2 heterocycles. The fourth-order valence-electron chi connectivity index (χ4n) is 1.98. The molecule has 0 saturated carbocycles. The van der Waals surface area contributed by atoms with Gasteiger partial charge in [-0.3, -0.25) is 0 Å². The second kappa shape index (κ2) is 3.80. The SMILES string of the molecule is CC1=C[C@@H](c2cccs2)Oc2ccccc21. The normalized spacial score (nSPS) is 18.6. The fraction of sp³-hybridized carbons (Fsp3) is 0.143. The number of fused-ring (bicyclic) bond motifs is 1. The Morgan fingerprint density at radius 1 is 1.12 bits per heavy atom. The molecule has 2 aromatic rings. The van der Waals surface area contributed by atoms with Crippen molar-refractivity contribution in [3.05, 3.63) is 58.3 Å². The summed E-state index contributed by atoms with van der Waals surface area (Å²) in [6.07, 6.45) is 2.27. The Labute approximate surface area is 99.0 Å². The average Bonchev–Trinajstić information content (AvgIpc) is 2.82. The highest BCUT2D eigenvalue weighted by atomic mass is 32.1. The molecule has 1 aliphatic heterocycles. The molecule has 1 aliphatic rings. The van der Waals surface area contributed by atoms with E-state index in [1.54, 1.807) is 11.3 Å². The second-order valence-corrected chi connectivity index (χ2v) is 4.88. The number of hydrogen-bond acceptors (Lipinski definition) is 2. The quantitative estimate of drug-likeness (QED) is 0.707. The minimum atomic E-state index is 0.0786. The van der Waals surface area contributed by atoms with Gasteiger partial charge in [0.05, 0.1) is 0 Å². The molecular formula is C14H12OS. The highest BCUT2D eigenvalue weighted by molar-refractivity contribution is 7.10. The Morgan fingerprint density at radius 2 is 2.00 bits per heavy atom. The summed E-state index contributed by atoms with van der Waals surface area (Å²) in [7, 11) is 0. The highest BCUT2D eigenvalue weighted by Gasteiger charge is 2.19. The van der Waals surface area contributed by atoms with Gasteiger partial charge in [-0.05, 0) is 36.1 Å². The lowest BCUT2D eigenvalue weighted by molar-refractivity contribution is 0.254. The van der Waals surface area contributed by atoms with Crippen LogP contribution >= 0.6 is 11.3 Å². The van der Waals surface area contributed by atoms with Gasteiger partial charge in [0, 0.05) is 10.4 Å². The topological polar surface area (TPSA) is 9.23 Å². The summed E-state index contributed by atoms with van der Waals surface area (Å²) >= 11 is 1.74. The van der Waals surface area contributed by atoms with Crippen LogP contribution in [-0.4, -0.2) is 0 Å². The Hall–Kier alpha value is -1.54. The molecule has 0 spiro atoms. The number of benzene rings is 1. The van der Waals surface area contributed by atoms with Crippen LogP contribution in [0.25, 0.3) is 5.57 Å². The summed E-state index contributed by atoms with van der Waals surface area (Å²) in [6.45, 7) is 2.14. The molecule has 1 aromatic heterocycles. The first-order valence-corrected chi connectivity index (χ1v) is 6.20. The van der Waals surface area contributed by atoms with Gasteiger partial charge in [-0.25, -0.2) is 0 Å². The average molecular weight is 228 g/mol. The summed E-state index contributed by atoms with van der Waals surface area (Å²) in [5, 5.41) is 2.09. The van der Waals surface area contributed by atoms with Crippen molar-refractivity contribution in [3.63, 3.8) is 0 Å². The zero-order chi connectivity index (χ0) is 11.0. The predicted octanol–water partition coefficient (Wildman–Crippen LogP) is 4.29. The van der Waals surface area contributed by atoms with Gasteiger partial charge >= 0.3 is 0 Å². The number of allylic oxidation sites excluding steroid dienone is 1. The highest BCUT2D eigenvalue weighted by Crippen LogP contribution is 2.37. The van der Waals surface area contributed by atoms with Crippen LogP contribution in [0.4, 0.5) is 0 Å². The number of hydrogen-bond donors (Lipinski definition) is 0. The lowest BCUT2D eigenvalue weighted by atomic mass is 10.0. The molecule has 2 heteroatoms. The van der Waals surface area contributed by atoms with Crippen LogP contribution < -0.4 is 4.74 Å². The number of thiophene rings is 1. The first-order valence-electron chi connectivity index (χ1n) is 5.32. The zero-order valence-corrected chi connectivity index (χ0v) is 9.83. The third-order valence-electron chi connectivity index (χ3n) is 2.79. The van der Waals surface area contributed by atoms with Crippen molar-refractivity contribution in [1.82, 2.24) is 0 Å². The fourth-order valence-corrected chi connectivity index (χ4v) is 2.70. The lowest BCUT2D eigenvalue weighted by Crippen LogP contribution is -2.09. The molecule has 0 N–H and O–H groups in total. The van der Waals surface area contributed by atoms with Crippen LogP contribution in [-0.2, 0) is 0 Å². The van der Waals surface area contributed by atoms with Crippen LogP contribution in [0.15, 0.2) is 47.9 Å². The van der Waals surface area contributed by atoms with Crippen molar-refractivity contribution in [1.29, 1.82) is 0 Å². The number of para-hydroxylation sites is 1. The van der Waals surface area contributed by atoms with Crippen molar-refractivity contribution in [3.8, 4) is 5.75 Å². The van der Waals surface area contributed by atoms with E-state index >= 15 is 0 Å². The van der Waals surface area contributed by atoms with E-state index in [0.29, 0.717) is 0 Å². The molecule has 0 amide bonds. The maximum Gasteiger partial charge on any atom is 0.152 e. The first-order chi connectivity index (χ1) is 7.84. The lowest BCUT2D eigenvalue weighted by Gasteiger charge is -2.23. The molecule has 1 atom stereocenters. The summed E-state index contributed by atoms with van der Waals surface area (Å²) in [4.78, 5) is 1.26. The van der Waals surface area contributed by atoms with E-state index in [9.17, 15) is 0 Å². The smallest absolute Gasteiger partial charge is 0.152 e. The maximum atomic E-state index is 5.98. The summed E-state index contributed by atoms with van der Waals surface area (Å²) in [6, 6.07) is 12.4. The van der Waals surface area contributed by atoms with Gasteiger partial charge in [0.15, 0.2) is 6.10 Å². The van der Waals surface area contributed by atoms with Crippen molar-refractivity contribution < 1.29 is 4.74 Å². The second-order valence-electron chi connectivity index (χ2n) is 3.90. The van der Waals surface area contributed by atoms with Gasteiger partial charge in [0.25, 0.3) is 0 Å². The van der Waals surface area contributed by atoms with Crippen molar-refractivity contribution in [2.75, 3.05) is 0 Å². The van der Waals surface area contributed by atoms with E-state index in [1.165, 1.54) is 16.0 Å². The molecule has 80 valence electrons. The molecule has 1 nitrogen and oxygen atoms in total. The number of rotatable bonds is 1. The molecule has 0 fully saturated rings. The van der Waals surface area contributed by atoms with Gasteiger partial charge in [0.1, 0.15) is 5.75 Å². The van der Waals surface area contributed by atoms with Gasteiger partial charge in [0.2, 0.25) is 0 Å². The Morgan fingerprint density at radius 3 is 2.81 bits per heavy atom. The van der Waals surface area contributed by atoms with E-state index in [-0.39, 0.29) is 6.10 Å². The van der Waals surface area contributed by atoms with Gasteiger partial charge in [-0.15, -0.1) is 11.3 Å². The van der Waals surface area contributed by atoms with Crippen LogP contribution in [0, 0.1) is 0 Å². The van der Waals surface area contributed by atoms with E-state index in [4.69, 9.17) is 4.74 Å². The molecule has 0 saturated heterocycles. The summed E-state index contributed by atoms with van der Waals surface area (Å²) in [5.74, 6) is 0.987. The zero-order valence-electron chi connectivity index (χ0n) is 9.01. The molecule has 0 unspecified atom stereocenters. The third kappa shape index (κ3) is 1.55. The Balaban J connectivity index is 2.03. The van der Waals surface area contributed by atoms with E-state index in [2.05, 4.69) is 36.6 Å². The molecule has 3 rings (SSSR count). The Kier molecular flexibility index (Phi) is 2.29. The van der Waals surface area contributed by atoms with Crippen LogP contribution in [0.1, 0.15) is 23.5 Å². The van der Waals surface area contributed by atoms with Crippen LogP contribution in [0.5, 0.6) is 5.75 Å². The largest absolute Gasteiger partial charge is 0.480 e. The van der Waals surface area contributed by atoms with Crippen molar-refractivity contribution in [2.24, 2.45) is 0 Å². The number of ether oxygens (including phenoxy) is 1.